The molecule has 1 saturated carbocycles. The molecule has 28 heavy (non-hydrogen) atoms. The lowest BCUT2D eigenvalue weighted by molar-refractivity contribution is -0.138. The average molecular weight is 383 g/mol. The molecule has 6 heteroatoms. The van der Waals surface area contributed by atoms with Crippen molar-refractivity contribution in [2.45, 2.75) is 69.9 Å². The Kier molecular flexibility index (Phi) is 5.13. The van der Waals surface area contributed by atoms with Gasteiger partial charge in [-0.2, -0.15) is 0 Å². The van der Waals surface area contributed by atoms with Gasteiger partial charge in [-0.1, -0.05) is 43.5 Å². The third-order valence-electron chi connectivity index (χ3n) is 6.65. The second kappa shape index (κ2) is 7.57. The van der Waals surface area contributed by atoms with Crippen LogP contribution in [0.1, 0.15) is 63.0 Å². The number of fused-ring (bicyclic) bond motifs is 2. The van der Waals surface area contributed by atoms with Gasteiger partial charge in [-0.05, 0) is 56.1 Å². The van der Waals surface area contributed by atoms with E-state index in [0.717, 1.165) is 41.7 Å². The summed E-state index contributed by atoms with van der Waals surface area (Å²) in [5, 5.41) is 5.89. The van der Waals surface area contributed by atoms with Crippen LogP contribution in [0.15, 0.2) is 24.3 Å². The smallest absolute Gasteiger partial charge is 0.326 e. The van der Waals surface area contributed by atoms with E-state index in [4.69, 9.17) is 0 Å². The van der Waals surface area contributed by atoms with Crippen molar-refractivity contribution >= 4 is 17.8 Å². The van der Waals surface area contributed by atoms with Gasteiger partial charge in [0.05, 0.1) is 0 Å². The number of carbonyl (C=O) groups is 3. The molecule has 3 aliphatic rings. The Bertz CT molecular complexity index is 787. The first-order valence-electron chi connectivity index (χ1n) is 10.5. The van der Waals surface area contributed by atoms with E-state index >= 15 is 0 Å². The highest BCUT2D eigenvalue weighted by molar-refractivity contribution is 6.10. The zero-order valence-electron chi connectivity index (χ0n) is 16.5. The summed E-state index contributed by atoms with van der Waals surface area (Å²) in [6.07, 6.45) is 8.28. The maximum Gasteiger partial charge on any atom is 0.326 e. The number of aryl methyl sites for hydroxylation is 1. The topological polar surface area (TPSA) is 78.5 Å². The second-order valence-electron chi connectivity index (χ2n) is 8.45. The number of imide groups is 1. The highest BCUT2D eigenvalue weighted by Crippen LogP contribution is 2.40. The van der Waals surface area contributed by atoms with Crippen LogP contribution in [-0.2, 0) is 21.5 Å². The van der Waals surface area contributed by atoms with Crippen LogP contribution in [0, 0.1) is 5.92 Å². The maximum atomic E-state index is 13.4. The standard InChI is InChI=1S/C22H29N3O3/c1-15(19(26)23-14-16-8-3-2-4-9-16)25-20(27)22(24-21(25)28)13-7-11-17-10-5-6-12-18(17)22/h5-6,10,12,15-16H,2-4,7-9,11,13-14H2,1H3,(H,23,26)(H,24,28). The summed E-state index contributed by atoms with van der Waals surface area (Å²) < 4.78 is 0. The maximum absolute atomic E-state index is 13.4. The van der Waals surface area contributed by atoms with Gasteiger partial charge in [0.1, 0.15) is 11.6 Å². The highest BCUT2D eigenvalue weighted by Gasteiger charge is 2.55. The number of nitrogens with zero attached hydrogens (tertiary/aromatic N) is 1. The zero-order chi connectivity index (χ0) is 19.7. The van der Waals surface area contributed by atoms with Crippen LogP contribution in [-0.4, -0.2) is 35.3 Å². The zero-order valence-corrected chi connectivity index (χ0v) is 16.5. The first-order valence-corrected chi connectivity index (χ1v) is 10.5. The van der Waals surface area contributed by atoms with Crippen molar-refractivity contribution < 1.29 is 14.4 Å². The molecule has 4 rings (SSSR count). The van der Waals surface area contributed by atoms with Gasteiger partial charge in [0.2, 0.25) is 5.91 Å². The van der Waals surface area contributed by atoms with Crippen molar-refractivity contribution in [3.63, 3.8) is 0 Å². The molecule has 150 valence electrons. The Morgan fingerprint density at radius 3 is 2.75 bits per heavy atom. The van der Waals surface area contributed by atoms with Crippen molar-refractivity contribution in [1.82, 2.24) is 15.5 Å². The molecule has 0 radical (unpaired) electrons. The molecule has 2 unspecified atom stereocenters. The van der Waals surface area contributed by atoms with E-state index in [-0.39, 0.29) is 11.8 Å². The minimum atomic E-state index is -1.02. The largest absolute Gasteiger partial charge is 0.354 e. The molecule has 2 N–H and O–H groups in total. The van der Waals surface area contributed by atoms with Gasteiger partial charge >= 0.3 is 6.03 Å². The van der Waals surface area contributed by atoms with E-state index in [1.165, 1.54) is 19.3 Å². The van der Waals surface area contributed by atoms with E-state index in [1.807, 2.05) is 24.3 Å². The molecule has 0 bridgehead atoms. The molecule has 2 atom stereocenters. The third-order valence-corrected chi connectivity index (χ3v) is 6.65. The highest BCUT2D eigenvalue weighted by atomic mass is 16.2. The van der Waals surface area contributed by atoms with E-state index in [9.17, 15) is 14.4 Å². The Labute approximate surface area is 166 Å². The molecule has 1 heterocycles. The predicted molar refractivity (Wildman–Crippen MR) is 105 cm³/mol. The number of hydrogen-bond donors (Lipinski definition) is 2. The molecule has 0 aromatic heterocycles. The summed E-state index contributed by atoms with van der Waals surface area (Å²) in [4.78, 5) is 39.9. The van der Waals surface area contributed by atoms with Crippen molar-refractivity contribution in [3.8, 4) is 0 Å². The lowest BCUT2D eigenvalue weighted by Crippen LogP contribution is -2.51. The molecule has 2 fully saturated rings. The monoisotopic (exact) mass is 383 g/mol. The number of carbonyl (C=O) groups excluding carboxylic acids is 3. The number of urea groups is 1. The molecule has 1 aromatic carbocycles. The fraction of sp³-hybridized carbons (Fsp3) is 0.591. The predicted octanol–water partition coefficient (Wildman–Crippen LogP) is 2.86. The van der Waals surface area contributed by atoms with Crippen LogP contribution in [0.4, 0.5) is 4.79 Å². The fourth-order valence-electron chi connectivity index (χ4n) is 5.03. The lowest BCUT2D eigenvalue weighted by atomic mass is 9.76. The first-order chi connectivity index (χ1) is 13.5. The number of amides is 4. The third kappa shape index (κ3) is 3.19. The molecule has 4 amide bonds. The van der Waals surface area contributed by atoms with Gasteiger partial charge in [-0.25, -0.2) is 9.69 Å². The number of rotatable bonds is 4. The van der Waals surface area contributed by atoms with Crippen LogP contribution in [0.25, 0.3) is 0 Å². The van der Waals surface area contributed by atoms with Crippen molar-refractivity contribution in [1.29, 1.82) is 0 Å². The van der Waals surface area contributed by atoms with Crippen molar-refractivity contribution in [2.24, 2.45) is 5.92 Å². The Hall–Kier alpha value is -2.37. The molecule has 2 aliphatic carbocycles. The normalized spacial score (nSPS) is 26.1. The van der Waals surface area contributed by atoms with Crippen molar-refractivity contribution in [3.05, 3.63) is 35.4 Å². The van der Waals surface area contributed by atoms with E-state index in [2.05, 4.69) is 10.6 Å². The fourth-order valence-corrected chi connectivity index (χ4v) is 5.03. The SMILES string of the molecule is CC(C(=O)NCC1CCCCC1)N1C(=O)NC2(CCCc3ccccc32)C1=O. The van der Waals surface area contributed by atoms with Gasteiger partial charge < -0.3 is 10.6 Å². The number of nitrogens with one attached hydrogen (secondary N) is 2. The molecule has 1 aliphatic heterocycles. The van der Waals surface area contributed by atoms with Crippen molar-refractivity contribution in [2.75, 3.05) is 6.54 Å². The van der Waals surface area contributed by atoms with E-state index < -0.39 is 17.6 Å². The minimum absolute atomic E-state index is 0.254. The summed E-state index contributed by atoms with van der Waals surface area (Å²) in [5.41, 5.74) is 0.944. The van der Waals surface area contributed by atoms with Crippen LogP contribution >= 0.6 is 0 Å². The summed E-state index contributed by atoms with van der Waals surface area (Å²) in [6.45, 7) is 2.27. The van der Waals surface area contributed by atoms with Gasteiger partial charge in [-0.3, -0.25) is 9.59 Å². The van der Waals surface area contributed by atoms with E-state index in [0.29, 0.717) is 18.9 Å². The Morgan fingerprint density at radius 1 is 1.21 bits per heavy atom. The van der Waals surface area contributed by atoms with Crippen LogP contribution in [0.3, 0.4) is 0 Å². The first kappa shape index (κ1) is 19.0. The van der Waals surface area contributed by atoms with Gasteiger partial charge in [0, 0.05) is 6.54 Å². The van der Waals surface area contributed by atoms with Crippen LogP contribution in [0.2, 0.25) is 0 Å². The van der Waals surface area contributed by atoms with E-state index in [1.54, 1.807) is 6.92 Å². The molecule has 1 aromatic rings. The Balaban J connectivity index is 1.49. The molecular formula is C22H29N3O3. The number of hydrogen-bond acceptors (Lipinski definition) is 3. The summed E-state index contributed by atoms with van der Waals surface area (Å²) in [6, 6.07) is 6.50. The van der Waals surface area contributed by atoms with Gasteiger partial charge in [-0.15, -0.1) is 0 Å². The summed E-state index contributed by atoms with van der Waals surface area (Å²) in [5.74, 6) is -0.0512. The number of benzene rings is 1. The molecule has 6 nitrogen and oxygen atoms in total. The Morgan fingerprint density at radius 2 is 1.96 bits per heavy atom. The molecular weight excluding hydrogens is 354 g/mol. The van der Waals surface area contributed by atoms with Gasteiger partial charge in [0.15, 0.2) is 0 Å². The summed E-state index contributed by atoms with van der Waals surface area (Å²) >= 11 is 0. The average Bonchev–Trinajstić information content (AvgIpc) is 2.97. The lowest BCUT2D eigenvalue weighted by Gasteiger charge is -2.33. The molecule has 1 spiro atoms. The van der Waals surface area contributed by atoms with Crippen LogP contribution < -0.4 is 10.6 Å². The quantitative estimate of drug-likeness (QED) is 0.785. The van der Waals surface area contributed by atoms with Gasteiger partial charge in [0.25, 0.3) is 5.91 Å². The molecule has 1 saturated heterocycles. The second-order valence-corrected chi connectivity index (χ2v) is 8.45. The minimum Gasteiger partial charge on any atom is -0.354 e. The van der Waals surface area contributed by atoms with Crippen LogP contribution in [0.5, 0.6) is 0 Å². The summed E-state index contributed by atoms with van der Waals surface area (Å²) in [7, 11) is 0.